The lowest BCUT2D eigenvalue weighted by Crippen LogP contribution is -2.55. The fourth-order valence-corrected chi connectivity index (χ4v) is 10.2. The van der Waals surface area contributed by atoms with Crippen LogP contribution in [-0.2, 0) is 25.7 Å². The van der Waals surface area contributed by atoms with Crippen LogP contribution < -0.4 is 0 Å². The summed E-state index contributed by atoms with van der Waals surface area (Å²) < 4.78 is 6.25. The number of likely N-dealkylation sites (tertiary alicyclic amines) is 1. The van der Waals surface area contributed by atoms with E-state index in [1.54, 1.807) is 11.3 Å². The summed E-state index contributed by atoms with van der Waals surface area (Å²) in [6.07, 6.45) is 7.12. The predicted molar refractivity (Wildman–Crippen MR) is 216 cm³/mol. The van der Waals surface area contributed by atoms with Crippen molar-refractivity contribution < 1.29 is 19.1 Å². The van der Waals surface area contributed by atoms with Gasteiger partial charge < -0.3 is 9.64 Å². The molecule has 1 aromatic heterocycles. The van der Waals surface area contributed by atoms with E-state index in [0.29, 0.717) is 38.1 Å². The standard InChI is InChI=1S/C46H64N2O4S/c1-31-26-38(39(49)27-32(2)35-20-22-36(23-21-35)40-33(3)47-30-53-40)48(28-31)42(50)41(45(7,8)9)46(43(51)52-29-34-16-11-10-12-17-34)24-14-13-18-37(19-15-25-46)44(4,5)6/h10-12,16-17,20-23,30-32,37-38,41H,13-15,18-19,24-29H2,1-9H3/t31-,32-,37?,38+,41-,46?/m1/s1. The molecule has 1 amide bonds. The van der Waals surface area contributed by atoms with E-state index in [2.05, 4.69) is 84.6 Å². The summed E-state index contributed by atoms with van der Waals surface area (Å²) in [6, 6.07) is 17.8. The lowest BCUT2D eigenvalue weighted by molar-refractivity contribution is -0.174. The maximum absolute atomic E-state index is 15.3. The Morgan fingerprint density at radius 3 is 2.23 bits per heavy atom. The van der Waals surface area contributed by atoms with E-state index in [4.69, 9.17) is 4.74 Å². The van der Waals surface area contributed by atoms with Gasteiger partial charge in [-0.25, -0.2) is 4.98 Å². The first-order chi connectivity index (χ1) is 25.0. The summed E-state index contributed by atoms with van der Waals surface area (Å²) in [4.78, 5) is 51.9. The number of hydrogen-bond acceptors (Lipinski definition) is 6. The van der Waals surface area contributed by atoms with E-state index < -0.39 is 22.8 Å². The van der Waals surface area contributed by atoms with Crippen molar-refractivity contribution in [1.82, 2.24) is 9.88 Å². The molecular formula is C46H64N2O4S. The van der Waals surface area contributed by atoms with Crippen LogP contribution in [0.2, 0.25) is 0 Å². The fourth-order valence-electron chi connectivity index (χ4n) is 9.40. The van der Waals surface area contributed by atoms with Crippen LogP contribution in [0, 0.1) is 40.9 Å². The Balaban J connectivity index is 1.42. The Morgan fingerprint density at radius 1 is 0.943 bits per heavy atom. The number of ether oxygens (including phenoxy) is 1. The van der Waals surface area contributed by atoms with Gasteiger partial charge in [0.25, 0.3) is 0 Å². The minimum atomic E-state index is -0.984. The Kier molecular flexibility index (Phi) is 13.1. The fraction of sp³-hybridized carbons (Fsp3) is 0.609. The zero-order valence-electron chi connectivity index (χ0n) is 33.9. The highest BCUT2D eigenvalue weighted by Gasteiger charge is 2.57. The first kappa shape index (κ1) is 40.9. The number of esters is 1. The second-order valence-electron chi connectivity index (χ2n) is 18.5. The third-order valence-corrected chi connectivity index (χ3v) is 13.2. The van der Waals surface area contributed by atoms with Gasteiger partial charge in [-0.2, -0.15) is 0 Å². The van der Waals surface area contributed by atoms with Crippen molar-refractivity contribution in [3.8, 4) is 10.4 Å². The van der Waals surface area contributed by atoms with Gasteiger partial charge in [-0.3, -0.25) is 14.4 Å². The quantitative estimate of drug-likeness (QED) is 0.193. The number of carbonyl (C=O) groups is 3. The van der Waals surface area contributed by atoms with Crippen LogP contribution in [0.3, 0.4) is 0 Å². The zero-order valence-corrected chi connectivity index (χ0v) is 34.7. The second-order valence-corrected chi connectivity index (χ2v) is 19.4. The molecule has 7 heteroatoms. The predicted octanol–water partition coefficient (Wildman–Crippen LogP) is 11.2. The molecule has 2 fully saturated rings. The number of aromatic nitrogens is 1. The summed E-state index contributed by atoms with van der Waals surface area (Å²) in [6.45, 7) is 20.2. The molecule has 0 spiro atoms. The number of amides is 1. The van der Waals surface area contributed by atoms with Crippen LogP contribution in [-0.4, -0.2) is 40.1 Å². The average Bonchev–Trinajstić information content (AvgIpc) is 3.74. The van der Waals surface area contributed by atoms with Gasteiger partial charge in [-0.05, 0) is 84.3 Å². The molecule has 2 aliphatic rings. The molecule has 1 aliphatic carbocycles. The summed E-state index contributed by atoms with van der Waals surface area (Å²) in [5, 5.41) is 0. The molecule has 1 aliphatic heterocycles. The molecule has 0 N–H and O–H groups in total. The van der Waals surface area contributed by atoms with Crippen molar-refractivity contribution in [2.75, 3.05) is 6.54 Å². The van der Waals surface area contributed by atoms with Gasteiger partial charge in [0.1, 0.15) is 6.61 Å². The summed E-state index contributed by atoms with van der Waals surface area (Å²) in [7, 11) is 0. The number of ketones is 1. The van der Waals surface area contributed by atoms with E-state index in [-0.39, 0.29) is 41.5 Å². The molecular weight excluding hydrogens is 677 g/mol. The van der Waals surface area contributed by atoms with Gasteiger partial charge >= 0.3 is 5.97 Å². The Hall–Kier alpha value is -3.32. The maximum Gasteiger partial charge on any atom is 0.313 e. The Labute approximate surface area is 323 Å². The van der Waals surface area contributed by atoms with Crippen LogP contribution in [0.15, 0.2) is 60.1 Å². The molecule has 5 rings (SSSR count). The third kappa shape index (κ3) is 9.68. The lowest BCUT2D eigenvalue weighted by Gasteiger charge is -2.46. The van der Waals surface area contributed by atoms with Crippen molar-refractivity contribution in [2.24, 2.45) is 34.0 Å². The molecule has 2 heterocycles. The largest absolute Gasteiger partial charge is 0.460 e. The number of hydrogen-bond donors (Lipinski definition) is 0. The SMILES string of the molecule is Cc1ncsc1-c1ccc([C@H](C)CC(=O)[C@@H]2C[C@@H](C)CN2C(=O)[C@H](C(C)(C)C)C2(C(=O)OCc3ccccc3)CCCCC(C(C)(C)C)CCC2)cc1. The van der Waals surface area contributed by atoms with Gasteiger partial charge in [0.15, 0.2) is 5.78 Å². The minimum absolute atomic E-state index is 0.00908. The number of rotatable bonds is 10. The monoisotopic (exact) mass is 740 g/mol. The molecule has 3 aromatic rings. The summed E-state index contributed by atoms with van der Waals surface area (Å²) in [5.74, 6) is -0.0721. The van der Waals surface area contributed by atoms with Gasteiger partial charge in [-0.15, -0.1) is 11.3 Å². The van der Waals surface area contributed by atoms with E-state index >= 15 is 4.79 Å². The van der Waals surface area contributed by atoms with Crippen molar-refractivity contribution in [3.05, 3.63) is 76.9 Å². The minimum Gasteiger partial charge on any atom is -0.460 e. The summed E-state index contributed by atoms with van der Waals surface area (Å²) >= 11 is 1.64. The number of Topliss-reactive ketones (excluding diaryl/α,β-unsaturated/α-hetero) is 1. The molecule has 2 aromatic carbocycles. The van der Waals surface area contributed by atoms with Crippen LogP contribution in [0.4, 0.5) is 0 Å². The summed E-state index contributed by atoms with van der Waals surface area (Å²) in [5.41, 5.74) is 4.74. The molecule has 0 bridgehead atoms. The van der Waals surface area contributed by atoms with Crippen molar-refractivity contribution >= 4 is 29.0 Å². The highest BCUT2D eigenvalue weighted by atomic mass is 32.1. The van der Waals surface area contributed by atoms with E-state index in [0.717, 1.165) is 54.5 Å². The van der Waals surface area contributed by atoms with E-state index in [1.165, 1.54) is 4.88 Å². The number of nitrogens with zero attached hydrogens (tertiary/aromatic N) is 2. The van der Waals surface area contributed by atoms with E-state index in [1.807, 2.05) is 47.7 Å². The molecule has 288 valence electrons. The number of aryl methyl sites for hydroxylation is 1. The molecule has 6 atom stereocenters. The number of benzene rings is 2. The van der Waals surface area contributed by atoms with Gasteiger partial charge in [0.05, 0.1) is 33.5 Å². The molecule has 53 heavy (non-hydrogen) atoms. The van der Waals surface area contributed by atoms with Crippen LogP contribution >= 0.6 is 11.3 Å². The smallest absolute Gasteiger partial charge is 0.313 e. The zero-order chi connectivity index (χ0) is 38.6. The molecule has 0 radical (unpaired) electrons. The molecule has 1 saturated carbocycles. The van der Waals surface area contributed by atoms with Gasteiger partial charge in [0.2, 0.25) is 5.91 Å². The van der Waals surface area contributed by atoms with Crippen LogP contribution in [0.5, 0.6) is 0 Å². The van der Waals surface area contributed by atoms with Crippen LogP contribution in [0.25, 0.3) is 10.4 Å². The highest BCUT2D eigenvalue weighted by Crippen LogP contribution is 2.52. The van der Waals surface area contributed by atoms with Gasteiger partial charge in [-0.1, -0.05) is 129 Å². The number of carbonyl (C=O) groups excluding carboxylic acids is 3. The Bertz CT molecular complexity index is 1680. The van der Waals surface area contributed by atoms with Crippen molar-refractivity contribution in [1.29, 1.82) is 0 Å². The number of thiazole rings is 1. The average molecular weight is 741 g/mol. The van der Waals surface area contributed by atoms with Crippen molar-refractivity contribution in [3.63, 3.8) is 0 Å². The maximum atomic E-state index is 15.3. The first-order valence-corrected chi connectivity index (χ1v) is 20.9. The molecule has 6 nitrogen and oxygen atoms in total. The molecule has 1 saturated heterocycles. The normalized spacial score (nSPS) is 24.1. The topological polar surface area (TPSA) is 76.6 Å². The second kappa shape index (κ2) is 17.0. The van der Waals surface area contributed by atoms with Gasteiger partial charge in [0, 0.05) is 13.0 Å². The highest BCUT2D eigenvalue weighted by molar-refractivity contribution is 7.13. The van der Waals surface area contributed by atoms with Crippen LogP contribution in [0.1, 0.15) is 136 Å². The van der Waals surface area contributed by atoms with E-state index in [9.17, 15) is 9.59 Å². The lowest BCUT2D eigenvalue weighted by atomic mass is 9.59. The molecule has 2 unspecified atom stereocenters. The third-order valence-electron chi connectivity index (χ3n) is 12.3. The first-order valence-electron chi connectivity index (χ1n) is 20.1. The Morgan fingerprint density at radius 2 is 1.60 bits per heavy atom. The van der Waals surface area contributed by atoms with Crippen molar-refractivity contribution in [2.45, 2.75) is 139 Å².